The summed E-state index contributed by atoms with van der Waals surface area (Å²) >= 11 is 0. The first-order valence-electron chi connectivity index (χ1n) is 9.66. The fourth-order valence-electron chi connectivity index (χ4n) is 4.23. The minimum absolute atomic E-state index is 0.0406. The van der Waals surface area contributed by atoms with Gasteiger partial charge >= 0.3 is 0 Å². The SMILES string of the molecule is CN1[C@@H]2CC[C@H]1C=C(N(CCc1ccccc1)C(=O)c1ccc(F)cc1)C2. The third-order valence-electron chi connectivity index (χ3n) is 5.87. The normalized spacial score (nSPS) is 21.8. The number of nitrogens with zero attached hydrogens (tertiary/aromatic N) is 2. The average molecular weight is 364 g/mol. The lowest BCUT2D eigenvalue weighted by atomic mass is 10.0. The summed E-state index contributed by atoms with van der Waals surface area (Å²) in [4.78, 5) is 17.6. The van der Waals surface area contributed by atoms with Crippen LogP contribution in [0.2, 0.25) is 0 Å². The van der Waals surface area contributed by atoms with Crippen LogP contribution in [-0.2, 0) is 6.42 Å². The molecule has 0 spiro atoms. The van der Waals surface area contributed by atoms with Crippen molar-refractivity contribution in [2.45, 2.75) is 37.8 Å². The molecular weight excluding hydrogens is 339 g/mol. The molecule has 0 radical (unpaired) electrons. The van der Waals surface area contributed by atoms with Gasteiger partial charge in [0.25, 0.3) is 5.91 Å². The minimum atomic E-state index is -0.320. The second-order valence-electron chi connectivity index (χ2n) is 7.53. The Morgan fingerprint density at radius 2 is 1.85 bits per heavy atom. The maximum absolute atomic E-state index is 13.3. The summed E-state index contributed by atoms with van der Waals surface area (Å²) in [6.45, 7) is 0.634. The summed E-state index contributed by atoms with van der Waals surface area (Å²) in [6.07, 6.45) is 6.29. The van der Waals surface area contributed by atoms with Crippen LogP contribution in [0.25, 0.3) is 0 Å². The first-order valence-corrected chi connectivity index (χ1v) is 9.66. The van der Waals surface area contributed by atoms with Gasteiger partial charge in [-0.25, -0.2) is 4.39 Å². The average Bonchev–Trinajstić information content (AvgIpc) is 2.90. The van der Waals surface area contributed by atoms with Crippen molar-refractivity contribution in [3.8, 4) is 0 Å². The van der Waals surface area contributed by atoms with Crippen LogP contribution in [-0.4, -0.2) is 41.4 Å². The topological polar surface area (TPSA) is 23.6 Å². The number of carbonyl (C=O) groups is 1. The lowest BCUT2D eigenvalue weighted by Gasteiger charge is -2.35. The molecule has 2 aromatic rings. The number of hydrogen-bond donors (Lipinski definition) is 0. The molecule has 1 amide bonds. The molecule has 0 saturated carbocycles. The van der Waals surface area contributed by atoms with Crippen LogP contribution < -0.4 is 0 Å². The zero-order chi connectivity index (χ0) is 18.8. The Hall–Kier alpha value is -2.46. The first kappa shape index (κ1) is 17.9. The molecule has 2 aliphatic heterocycles. The van der Waals surface area contributed by atoms with E-state index < -0.39 is 0 Å². The van der Waals surface area contributed by atoms with E-state index in [2.05, 4.69) is 30.2 Å². The highest BCUT2D eigenvalue weighted by Gasteiger charge is 2.36. The number of hydrogen-bond acceptors (Lipinski definition) is 2. The molecule has 140 valence electrons. The van der Waals surface area contributed by atoms with Crippen molar-refractivity contribution in [1.82, 2.24) is 9.80 Å². The van der Waals surface area contributed by atoms with E-state index in [-0.39, 0.29) is 11.7 Å². The van der Waals surface area contributed by atoms with Gasteiger partial charge in [0.2, 0.25) is 0 Å². The van der Waals surface area contributed by atoms with Crippen LogP contribution >= 0.6 is 0 Å². The lowest BCUT2D eigenvalue weighted by molar-refractivity contribution is 0.0787. The van der Waals surface area contributed by atoms with Gasteiger partial charge in [-0.1, -0.05) is 30.3 Å². The number of likely N-dealkylation sites (N-methyl/N-ethyl adjacent to an activating group) is 1. The summed E-state index contributed by atoms with van der Waals surface area (Å²) in [5.41, 5.74) is 2.87. The highest BCUT2D eigenvalue weighted by Crippen LogP contribution is 2.35. The Bertz CT molecular complexity index is 831. The highest BCUT2D eigenvalue weighted by atomic mass is 19.1. The van der Waals surface area contributed by atoms with Gasteiger partial charge in [0, 0.05) is 36.3 Å². The Labute approximate surface area is 160 Å². The Kier molecular flexibility index (Phi) is 5.08. The predicted molar refractivity (Wildman–Crippen MR) is 105 cm³/mol. The van der Waals surface area contributed by atoms with E-state index in [0.717, 1.165) is 25.0 Å². The molecule has 27 heavy (non-hydrogen) atoms. The van der Waals surface area contributed by atoms with Gasteiger partial charge < -0.3 is 4.90 Å². The maximum Gasteiger partial charge on any atom is 0.258 e. The zero-order valence-corrected chi connectivity index (χ0v) is 15.6. The lowest BCUT2D eigenvalue weighted by Crippen LogP contribution is -2.41. The molecule has 2 bridgehead atoms. The minimum Gasteiger partial charge on any atom is -0.312 e. The van der Waals surface area contributed by atoms with Gasteiger partial charge in [-0.2, -0.15) is 0 Å². The van der Waals surface area contributed by atoms with E-state index in [1.165, 1.54) is 24.1 Å². The second-order valence-corrected chi connectivity index (χ2v) is 7.53. The van der Waals surface area contributed by atoms with Crippen molar-refractivity contribution in [3.05, 3.63) is 83.3 Å². The van der Waals surface area contributed by atoms with Crippen LogP contribution in [0.4, 0.5) is 4.39 Å². The number of carbonyl (C=O) groups excluding carboxylic acids is 1. The summed E-state index contributed by atoms with van der Waals surface area (Å²) in [5.74, 6) is -0.361. The van der Waals surface area contributed by atoms with Crippen LogP contribution in [0.15, 0.2) is 66.4 Å². The monoisotopic (exact) mass is 364 g/mol. The molecule has 4 heteroatoms. The third-order valence-corrected chi connectivity index (χ3v) is 5.87. The van der Waals surface area contributed by atoms with Gasteiger partial charge in [-0.3, -0.25) is 9.69 Å². The zero-order valence-electron chi connectivity index (χ0n) is 15.6. The largest absolute Gasteiger partial charge is 0.312 e. The van der Waals surface area contributed by atoms with Gasteiger partial charge in [-0.15, -0.1) is 0 Å². The van der Waals surface area contributed by atoms with Gasteiger partial charge in [0.05, 0.1) is 0 Å². The Morgan fingerprint density at radius 3 is 2.56 bits per heavy atom. The Morgan fingerprint density at radius 1 is 1.11 bits per heavy atom. The molecule has 0 N–H and O–H groups in total. The molecule has 0 unspecified atom stereocenters. The molecule has 1 fully saturated rings. The molecule has 2 atom stereocenters. The summed E-state index contributed by atoms with van der Waals surface area (Å²) < 4.78 is 13.3. The van der Waals surface area contributed by atoms with Crippen LogP contribution in [0.1, 0.15) is 35.2 Å². The number of benzene rings is 2. The molecule has 2 aliphatic rings. The third kappa shape index (κ3) is 3.81. The summed E-state index contributed by atoms with van der Waals surface area (Å²) in [5, 5.41) is 0. The number of fused-ring (bicyclic) bond motifs is 2. The predicted octanol–water partition coefficient (Wildman–Crippen LogP) is 4.26. The quantitative estimate of drug-likeness (QED) is 0.791. The van der Waals surface area contributed by atoms with Crippen molar-refractivity contribution >= 4 is 5.91 Å². The van der Waals surface area contributed by atoms with Crippen molar-refractivity contribution in [2.24, 2.45) is 0 Å². The van der Waals surface area contributed by atoms with Gasteiger partial charge in [0.1, 0.15) is 5.82 Å². The molecule has 0 aliphatic carbocycles. The van der Waals surface area contributed by atoms with Gasteiger partial charge in [-0.05, 0) is 62.2 Å². The van der Waals surface area contributed by atoms with E-state index in [9.17, 15) is 9.18 Å². The second kappa shape index (κ2) is 7.65. The Balaban J connectivity index is 1.59. The first-order chi connectivity index (χ1) is 13.1. The van der Waals surface area contributed by atoms with Crippen LogP contribution in [0, 0.1) is 5.82 Å². The smallest absolute Gasteiger partial charge is 0.258 e. The number of rotatable bonds is 5. The van der Waals surface area contributed by atoms with E-state index >= 15 is 0 Å². The highest BCUT2D eigenvalue weighted by molar-refractivity contribution is 5.95. The van der Waals surface area contributed by atoms with Gasteiger partial charge in [0.15, 0.2) is 0 Å². The van der Waals surface area contributed by atoms with Crippen LogP contribution in [0.3, 0.4) is 0 Å². The molecule has 0 aromatic heterocycles. The standard InChI is InChI=1S/C23H25FN2O/c1-25-20-11-12-21(25)16-22(15-20)26(14-13-17-5-3-2-4-6-17)23(27)18-7-9-19(24)10-8-18/h2-10,15,20-21H,11-14,16H2,1H3/t20-,21+/m0/s1. The fraction of sp³-hybridized carbons (Fsp3) is 0.348. The fourth-order valence-corrected chi connectivity index (χ4v) is 4.23. The molecule has 1 saturated heterocycles. The molecule has 4 rings (SSSR count). The van der Waals surface area contributed by atoms with E-state index in [1.807, 2.05) is 23.1 Å². The van der Waals surface area contributed by atoms with E-state index in [1.54, 1.807) is 12.1 Å². The molecule has 2 heterocycles. The van der Waals surface area contributed by atoms with Crippen molar-refractivity contribution in [1.29, 1.82) is 0 Å². The van der Waals surface area contributed by atoms with E-state index in [0.29, 0.717) is 24.2 Å². The molecule has 3 nitrogen and oxygen atoms in total. The van der Waals surface area contributed by atoms with Crippen molar-refractivity contribution < 1.29 is 9.18 Å². The number of amides is 1. The van der Waals surface area contributed by atoms with Crippen LogP contribution in [0.5, 0.6) is 0 Å². The number of halogens is 1. The molecular formula is C23H25FN2O. The van der Waals surface area contributed by atoms with Crippen molar-refractivity contribution in [2.75, 3.05) is 13.6 Å². The van der Waals surface area contributed by atoms with Crippen molar-refractivity contribution in [3.63, 3.8) is 0 Å². The molecule has 2 aromatic carbocycles. The maximum atomic E-state index is 13.3. The van der Waals surface area contributed by atoms with E-state index in [4.69, 9.17) is 0 Å². The summed E-state index contributed by atoms with van der Waals surface area (Å²) in [7, 11) is 2.17. The summed E-state index contributed by atoms with van der Waals surface area (Å²) in [6, 6.07) is 17.0.